The van der Waals surface area contributed by atoms with Crippen LogP contribution in [0.1, 0.15) is 63.2 Å². The van der Waals surface area contributed by atoms with Crippen molar-refractivity contribution in [2.24, 2.45) is 0 Å². The van der Waals surface area contributed by atoms with Crippen molar-refractivity contribution in [1.82, 2.24) is 4.83 Å². The van der Waals surface area contributed by atoms with Gasteiger partial charge in [-0.2, -0.15) is 4.59 Å². The molecule has 0 aliphatic heterocycles. The van der Waals surface area contributed by atoms with E-state index in [1.54, 1.807) is 20.8 Å². The van der Waals surface area contributed by atoms with Crippen molar-refractivity contribution in [3.8, 4) is 0 Å². The van der Waals surface area contributed by atoms with Gasteiger partial charge in [0.25, 0.3) is 16.1 Å². The van der Waals surface area contributed by atoms with Crippen LogP contribution in [0.2, 0.25) is 0 Å². The molecule has 1 aromatic carbocycles. The largest absolute Gasteiger partial charge is 0.497 e. The number of esters is 1. The number of hydrogen-bond acceptors (Lipinski definition) is 8. The summed E-state index contributed by atoms with van der Waals surface area (Å²) in [7, 11) is -7.78. The van der Waals surface area contributed by atoms with Gasteiger partial charge < -0.3 is 14.6 Å². The van der Waals surface area contributed by atoms with E-state index in [0.717, 1.165) is 37.7 Å². The molecule has 1 unspecified atom stereocenters. The highest BCUT2D eigenvalue weighted by molar-refractivity contribution is 7.93. The van der Waals surface area contributed by atoms with E-state index in [9.17, 15) is 31.5 Å². The summed E-state index contributed by atoms with van der Waals surface area (Å²) >= 11 is 0. The van der Waals surface area contributed by atoms with Gasteiger partial charge in [-0.15, -0.1) is 0 Å². The molecule has 0 saturated heterocycles. The van der Waals surface area contributed by atoms with Gasteiger partial charge in [-0.25, -0.2) is 21.6 Å². The number of quaternary nitrogens is 1. The lowest BCUT2D eigenvalue weighted by Gasteiger charge is -2.41. The second-order valence-corrected chi connectivity index (χ2v) is 12.7. The van der Waals surface area contributed by atoms with Gasteiger partial charge in [0.2, 0.25) is 0 Å². The molecule has 1 aromatic rings. The SMILES string of the molecule is CC(C)(C)OC(=O)c1cccc(S(=O)(=O)N[N+](C)(C(=O)[O-])C2CCCCC2)c1S(C)(=O)=O. The zero-order chi connectivity index (χ0) is 24.5. The predicted octanol–water partition coefficient (Wildman–Crippen LogP) is 1.36. The van der Waals surface area contributed by atoms with E-state index in [2.05, 4.69) is 4.83 Å². The summed E-state index contributed by atoms with van der Waals surface area (Å²) in [5.74, 6) is -1.01. The quantitative estimate of drug-likeness (QED) is 0.357. The van der Waals surface area contributed by atoms with Crippen molar-refractivity contribution in [1.29, 1.82) is 0 Å². The molecule has 32 heavy (non-hydrogen) atoms. The molecule has 1 N–H and O–H groups in total. The van der Waals surface area contributed by atoms with Crippen LogP contribution in [0.25, 0.3) is 0 Å². The van der Waals surface area contributed by atoms with Crippen molar-refractivity contribution in [3.63, 3.8) is 0 Å². The Morgan fingerprint density at radius 3 is 2.12 bits per heavy atom. The summed E-state index contributed by atoms with van der Waals surface area (Å²) < 4.78 is 55.8. The molecule has 2 rings (SSSR count). The van der Waals surface area contributed by atoms with Gasteiger partial charge in [0.15, 0.2) is 9.84 Å². The Bertz CT molecular complexity index is 1100. The molecule has 0 spiro atoms. The third-order valence-corrected chi connectivity index (χ3v) is 8.10. The number of rotatable bonds is 6. The molecule has 1 aliphatic carbocycles. The van der Waals surface area contributed by atoms with Crippen LogP contribution in [0.15, 0.2) is 28.0 Å². The minimum atomic E-state index is -4.71. The molecule has 12 heteroatoms. The lowest BCUT2D eigenvalue weighted by atomic mass is 9.94. The van der Waals surface area contributed by atoms with E-state index in [4.69, 9.17) is 4.74 Å². The molecular formula is C20H30N2O8S2. The minimum Gasteiger partial charge on any atom is -0.497 e. The highest BCUT2D eigenvalue weighted by Crippen LogP contribution is 2.30. The van der Waals surface area contributed by atoms with E-state index in [1.165, 1.54) is 13.1 Å². The molecule has 1 fully saturated rings. The number of carboxylic acid groups (broad SMARTS) is 1. The first kappa shape index (κ1) is 26.2. The van der Waals surface area contributed by atoms with E-state index >= 15 is 0 Å². The van der Waals surface area contributed by atoms with Crippen molar-refractivity contribution in [2.45, 2.75) is 74.3 Å². The lowest BCUT2D eigenvalue weighted by molar-refractivity contribution is -0.911. The molecule has 1 amide bonds. The van der Waals surface area contributed by atoms with Crippen LogP contribution in [-0.4, -0.2) is 58.4 Å². The van der Waals surface area contributed by atoms with Gasteiger partial charge in [-0.05, 0) is 50.6 Å². The molecule has 0 radical (unpaired) electrons. The standard InChI is InChI=1S/C20H30N2O8S2/c1-20(2,3)30-18(23)15-12-9-13-16(17(15)31(5,26)27)32(28,29)21-22(4,19(24)25)14-10-7-6-8-11-14/h9,12-14,21H,6-8,10-11H2,1-5H3. The van der Waals surface area contributed by atoms with E-state index in [0.29, 0.717) is 12.8 Å². The second-order valence-electron chi connectivity index (χ2n) is 9.13. The third kappa shape index (κ3) is 5.85. The zero-order valence-corrected chi connectivity index (χ0v) is 20.5. The van der Waals surface area contributed by atoms with Crippen LogP contribution < -0.4 is 9.94 Å². The minimum absolute atomic E-state index is 0.453. The van der Waals surface area contributed by atoms with Crippen molar-refractivity contribution >= 4 is 31.9 Å². The van der Waals surface area contributed by atoms with Crippen LogP contribution in [0.5, 0.6) is 0 Å². The topological polar surface area (TPSA) is 147 Å². The van der Waals surface area contributed by atoms with Gasteiger partial charge >= 0.3 is 5.97 Å². The molecule has 0 bridgehead atoms. The fraction of sp³-hybridized carbons (Fsp3) is 0.600. The Kier molecular flexibility index (Phi) is 7.45. The molecule has 10 nitrogen and oxygen atoms in total. The first-order chi connectivity index (χ1) is 14.5. The summed E-state index contributed by atoms with van der Waals surface area (Å²) in [6.45, 7) is 4.75. The van der Waals surface area contributed by atoms with E-state index in [-0.39, 0.29) is 0 Å². The Hall–Kier alpha value is -2.02. The van der Waals surface area contributed by atoms with Gasteiger partial charge in [-0.3, -0.25) is 0 Å². The number of hydrogen-bond donors (Lipinski definition) is 1. The van der Waals surface area contributed by atoms with Gasteiger partial charge in [0.05, 0.1) is 12.6 Å². The fourth-order valence-corrected chi connectivity index (χ4v) is 6.96. The van der Waals surface area contributed by atoms with Crippen LogP contribution >= 0.6 is 0 Å². The normalized spacial score (nSPS) is 18.0. The maximum absolute atomic E-state index is 13.3. The maximum atomic E-state index is 13.3. The van der Waals surface area contributed by atoms with Crippen molar-refractivity contribution < 1.29 is 40.9 Å². The monoisotopic (exact) mass is 490 g/mol. The molecule has 1 saturated carbocycles. The molecule has 1 aliphatic rings. The summed E-state index contributed by atoms with van der Waals surface area (Å²) in [4.78, 5) is 25.3. The zero-order valence-electron chi connectivity index (χ0n) is 18.9. The highest BCUT2D eigenvalue weighted by atomic mass is 32.2. The average molecular weight is 491 g/mol. The first-order valence-corrected chi connectivity index (χ1v) is 13.5. The third-order valence-electron chi connectivity index (χ3n) is 5.25. The Morgan fingerprint density at radius 2 is 1.66 bits per heavy atom. The Labute approximate surface area is 189 Å². The van der Waals surface area contributed by atoms with Crippen molar-refractivity contribution in [2.75, 3.05) is 13.3 Å². The summed E-state index contributed by atoms with van der Waals surface area (Å²) in [5.41, 5.74) is -1.41. The highest BCUT2D eigenvalue weighted by Gasteiger charge is 2.42. The maximum Gasteiger partial charge on any atom is 0.340 e. The Balaban J connectivity index is 2.63. The first-order valence-electron chi connectivity index (χ1n) is 10.2. The van der Waals surface area contributed by atoms with Gasteiger partial charge in [0.1, 0.15) is 21.4 Å². The fourth-order valence-electron chi connectivity index (χ4n) is 3.76. The van der Waals surface area contributed by atoms with Crippen molar-refractivity contribution in [3.05, 3.63) is 23.8 Å². The number of nitrogens with zero attached hydrogens (tertiary/aromatic N) is 1. The molecule has 0 heterocycles. The van der Waals surface area contributed by atoms with Gasteiger partial charge in [0, 0.05) is 19.1 Å². The summed E-state index contributed by atoms with van der Waals surface area (Å²) in [5, 5.41) is 12.0. The van der Waals surface area contributed by atoms with E-state index in [1.807, 2.05) is 0 Å². The van der Waals surface area contributed by atoms with Crippen LogP contribution in [-0.2, 0) is 24.6 Å². The predicted molar refractivity (Wildman–Crippen MR) is 113 cm³/mol. The molecule has 180 valence electrons. The number of benzene rings is 1. The van der Waals surface area contributed by atoms with Gasteiger partial charge in [-0.1, -0.05) is 12.5 Å². The van der Waals surface area contributed by atoms with Crippen LogP contribution in [0.4, 0.5) is 4.79 Å². The molecular weight excluding hydrogens is 460 g/mol. The number of sulfonamides is 1. The molecule has 0 aromatic heterocycles. The van der Waals surface area contributed by atoms with E-state index < -0.39 is 63.5 Å². The van der Waals surface area contributed by atoms with Crippen LogP contribution in [0.3, 0.4) is 0 Å². The lowest BCUT2D eigenvalue weighted by Crippen LogP contribution is -2.69. The average Bonchev–Trinajstić information content (AvgIpc) is 2.65. The summed E-state index contributed by atoms with van der Waals surface area (Å²) in [6.07, 6.45) is 2.40. The number of nitrogens with one attached hydrogen (secondary N) is 1. The Morgan fingerprint density at radius 1 is 1.09 bits per heavy atom. The molecule has 1 atom stereocenters. The number of sulfone groups is 1. The smallest absolute Gasteiger partial charge is 0.340 e. The second kappa shape index (κ2) is 9.08. The number of carbonyl (C=O) groups is 2. The number of amides is 1. The van der Waals surface area contributed by atoms with Crippen LogP contribution in [0, 0.1) is 0 Å². The number of ether oxygens (including phenoxy) is 1. The number of carbonyl (C=O) groups excluding carboxylic acids is 2. The summed E-state index contributed by atoms with van der Waals surface area (Å²) in [6, 6.07) is 2.77.